The number of anilines is 3. The van der Waals surface area contributed by atoms with Gasteiger partial charge in [-0.1, -0.05) is 127 Å². The Kier molecular flexibility index (Phi) is 7.03. The summed E-state index contributed by atoms with van der Waals surface area (Å²) in [5.41, 5.74) is 11.4. The van der Waals surface area contributed by atoms with Gasteiger partial charge < -0.3 is 4.90 Å². The van der Waals surface area contributed by atoms with E-state index >= 15 is 0 Å². The summed E-state index contributed by atoms with van der Waals surface area (Å²) in [5, 5.41) is 10.3. The molecule has 0 radical (unpaired) electrons. The maximum absolute atomic E-state index is 2.46. The Morgan fingerprint density at radius 3 is 1.73 bits per heavy atom. The van der Waals surface area contributed by atoms with E-state index in [0.29, 0.717) is 0 Å². The fourth-order valence-corrected chi connectivity index (χ4v) is 8.23. The van der Waals surface area contributed by atoms with E-state index in [9.17, 15) is 0 Å². The molecular weight excluding hydrogens is 615 g/mol. The Balaban J connectivity index is 1.14. The molecule has 0 fully saturated rings. The molecule has 1 aliphatic rings. The highest BCUT2D eigenvalue weighted by Crippen LogP contribution is 2.44. The molecule has 10 rings (SSSR count). The average molecular weight is 650 g/mol. The lowest BCUT2D eigenvalue weighted by molar-refractivity contribution is 0.992. The van der Waals surface area contributed by atoms with Gasteiger partial charge in [-0.25, -0.2) is 0 Å². The second kappa shape index (κ2) is 12.2. The molecule has 1 nitrogen and oxygen atoms in total. The van der Waals surface area contributed by atoms with Crippen molar-refractivity contribution in [3.63, 3.8) is 0 Å². The lowest BCUT2D eigenvalue weighted by atomic mass is 9.82. The smallest absolute Gasteiger partial charge is 0.0468 e. The lowest BCUT2D eigenvalue weighted by Gasteiger charge is -2.25. The third-order valence-corrected chi connectivity index (χ3v) is 10.6. The molecule has 1 aliphatic carbocycles. The molecule has 0 aromatic heterocycles. The van der Waals surface area contributed by atoms with Crippen molar-refractivity contribution in [1.29, 1.82) is 0 Å². The van der Waals surface area contributed by atoms with E-state index in [4.69, 9.17) is 0 Å². The van der Waals surface area contributed by atoms with Crippen molar-refractivity contribution >= 4 is 66.2 Å². The number of rotatable bonds is 5. The summed E-state index contributed by atoms with van der Waals surface area (Å²) in [4.78, 5) is 2.33. The van der Waals surface area contributed by atoms with Crippen molar-refractivity contribution in [2.75, 3.05) is 4.90 Å². The molecule has 240 valence electrons. The average Bonchev–Trinajstić information content (AvgIpc) is 3.20. The van der Waals surface area contributed by atoms with Crippen LogP contribution in [0.15, 0.2) is 182 Å². The second-order valence-electron chi connectivity index (χ2n) is 13.6. The SMILES string of the molecule is C1=Cc2c(c(-c3ccc4ccccc4c3)cc3cc(-c4ccc5cc(N(c6ccccc6)c6ccccc6)ccc5c4)c4ccccc4c23)CC1. The zero-order valence-corrected chi connectivity index (χ0v) is 28.3. The molecule has 51 heavy (non-hydrogen) atoms. The fraction of sp³-hybridized carbons (Fsp3) is 0.0400. The minimum Gasteiger partial charge on any atom is -0.310 e. The summed E-state index contributed by atoms with van der Waals surface area (Å²) in [6, 6.07) is 64.5. The van der Waals surface area contributed by atoms with Crippen LogP contribution < -0.4 is 4.90 Å². The number of nitrogens with zero attached hydrogens (tertiary/aromatic N) is 1. The van der Waals surface area contributed by atoms with Crippen molar-refractivity contribution in [2.24, 2.45) is 0 Å². The molecule has 0 heterocycles. The summed E-state index contributed by atoms with van der Waals surface area (Å²) in [6.07, 6.45) is 6.85. The van der Waals surface area contributed by atoms with Crippen LogP contribution in [0.25, 0.3) is 71.4 Å². The minimum absolute atomic E-state index is 1.05. The third-order valence-electron chi connectivity index (χ3n) is 10.6. The van der Waals surface area contributed by atoms with Gasteiger partial charge in [0.2, 0.25) is 0 Å². The first-order chi connectivity index (χ1) is 25.3. The van der Waals surface area contributed by atoms with Gasteiger partial charge in [0, 0.05) is 17.1 Å². The van der Waals surface area contributed by atoms with Crippen LogP contribution in [-0.2, 0) is 6.42 Å². The zero-order chi connectivity index (χ0) is 33.7. The van der Waals surface area contributed by atoms with Gasteiger partial charge in [-0.05, 0) is 150 Å². The second-order valence-corrected chi connectivity index (χ2v) is 13.6. The lowest BCUT2D eigenvalue weighted by Crippen LogP contribution is -2.09. The van der Waals surface area contributed by atoms with E-state index < -0.39 is 0 Å². The molecule has 0 saturated carbocycles. The number of allylic oxidation sites excluding steroid dienone is 1. The molecule has 0 spiro atoms. The topological polar surface area (TPSA) is 3.24 Å². The first-order valence-electron chi connectivity index (χ1n) is 17.9. The van der Waals surface area contributed by atoms with E-state index in [-0.39, 0.29) is 0 Å². The van der Waals surface area contributed by atoms with E-state index in [0.717, 1.165) is 29.9 Å². The van der Waals surface area contributed by atoms with Crippen molar-refractivity contribution in [2.45, 2.75) is 12.8 Å². The summed E-state index contributed by atoms with van der Waals surface area (Å²) >= 11 is 0. The van der Waals surface area contributed by atoms with Gasteiger partial charge in [-0.2, -0.15) is 0 Å². The Morgan fingerprint density at radius 2 is 0.961 bits per heavy atom. The highest BCUT2D eigenvalue weighted by molar-refractivity contribution is 6.18. The molecule has 1 heteroatoms. The molecule has 0 unspecified atom stereocenters. The van der Waals surface area contributed by atoms with Crippen LogP contribution in [0, 0.1) is 0 Å². The Hall–Kier alpha value is -6.44. The Morgan fingerprint density at radius 1 is 0.392 bits per heavy atom. The quantitative estimate of drug-likeness (QED) is 0.168. The maximum Gasteiger partial charge on any atom is 0.0468 e. The molecule has 0 bridgehead atoms. The summed E-state index contributed by atoms with van der Waals surface area (Å²) in [7, 11) is 0. The van der Waals surface area contributed by atoms with Crippen molar-refractivity contribution < 1.29 is 0 Å². The summed E-state index contributed by atoms with van der Waals surface area (Å²) in [5.74, 6) is 0. The van der Waals surface area contributed by atoms with Gasteiger partial charge in [-0.3, -0.25) is 0 Å². The number of hydrogen-bond acceptors (Lipinski definition) is 1. The molecule has 0 saturated heterocycles. The standard InChI is InChI=1S/C50H35N/c1-3-15-41(16-4-1)51(42-17-5-2-6-18-42)43-28-27-36-30-39(26-24-37(36)31-43)49-33-40-32-48(38-25-23-34-13-7-8-14-35(34)29-38)44-19-9-11-21-46(44)50(40)47-22-12-10-20-45(47)49/h1-8,10-18,20-33H,9,19H2. The van der Waals surface area contributed by atoms with Gasteiger partial charge >= 0.3 is 0 Å². The van der Waals surface area contributed by atoms with E-state index in [2.05, 4.69) is 193 Å². The highest BCUT2D eigenvalue weighted by atomic mass is 15.1. The molecule has 0 N–H and O–H groups in total. The van der Waals surface area contributed by atoms with E-state index in [1.807, 2.05) is 0 Å². The van der Waals surface area contributed by atoms with Gasteiger partial charge in [0.1, 0.15) is 0 Å². The van der Waals surface area contributed by atoms with Crippen LogP contribution in [0.4, 0.5) is 17.1 Å². The maximum atomic E-state index is 2.46. The van der Waals surface area contributed by atoms with Gasteiger partial charge in [0.25, 0.3) is 0 Å². The van der Waals surface area contributed by atoms with E-state index in [1.54, 1.807) is 0 Å². The first-order valence-corrected chi connectivity index (χ1v) is 17.9. The Bertz CT molecular complexity index is 2750. The number of hydrogen-bond donors (Lipinski definition) is 0. The monoisotopic (exact) mass is 649 g/mol. The Labute approximate surface area is 298 Å². The van der Waals surface area contributed by atoms with Crippen LogP contribution in [0.2, 0.25) is 0 Å². The molecule has 9 aromatic rings. The van der Waals surface area contributed by atoms with Gasteiger partial charge in [0.15, 0.2) is 0 Å². The molecule has 0 aliphatic heterocycles. The van der Waals surface area contributed by atoms with Crippen LogP contribution in [0.5, 0.6) is 0 Å². The van der Waals surface area contributed by atoms with Crippen LogP contribution >= 0.6 is 0 Å². The third kappa shape index (κ3) is 5.09. The number of benzene rings is 9. The highest BCUT2D eigenvalue weighted by Gasteiger charge is 2.20. The van der Waals surface area contributed by atoms with E-state index in [1.165, 1.54) is 76.5 Å². The molecule has 0 amide bonds. The molecule has 9 aromatic carbocycles. The van der Waals surface area contributed by atoms with Gasteiger partial charge in [-0.15, -0.1) is 0 Å². The number of para-hydroxylation sites is 2. The zero-order valence-electron chi connectivity index (χ0n) is 28.3. The van der Waals surface area contributed by atoms with Crippen molar-refractivity contribution in [1.82, 2.24) is 0 Å². The van der Waals surface area contributed by atoms with Crippen molar-refractivity contribution in [3.8, 4) is 22.3 Å². The minimum atomic E-state index is 1.05. The fourth-order valence-electron chi connectivity index (χ4n) is 8.23. The predicted molar refractivity (Wildman–Crippen MR) is 219 cm³/mol. The van der Waals surface area contributed by atoms with Gasteiger partial charge in [0.05, 0.1) is 0 Å². The largest absolute Gasteiger partial charge is 0.310 e. The summed E-state index contributed by atoms with van der Waals surface area (Å²) in [6.45, 7) is 0. The van der Waals surface area contributed by atoms with Crippen LogP contribution in [0.3, 0.4) is 0 Å². The first kappa shape index (κ1) is 29.5. The molecular formula is C50H35N. The normalized spacial score (nSPS) is 12.5. The van der Waals surface area contributed by atoms with Crippen LogP contribution in [0.1, 0.15) is 17.5 Å². The molecule has 0 atom stereocenters. The van der Waals surface area contributed by atoms with Crippen molar-refractivity contribution in [3.05, 3.63) is 193 Å². The van der Waals surface area contributed by atoms with Crippen LogP contribution in [-0.4, -0.2) is 0 Å². The number of fused-ring (bicyclic) bond motifs is 7. The summed E-state index contributed by atoms with van der Waals surface area (Å²) < 4.78 is 0. The predicted octanol–water partition coefficient (Wildman–Crippen LogP) is 14.1.